The highest BCUT2D eigenvalue weighted by molar-refractivity contribution is 7.99. The number of aromatic nitrogens is 1. The SMILES string of the molecule is CC(C)c1ccc(-c2nc(CSCC(=O)Nc3ccccc3F)cs2)cc1. The molecular formula is C21H21FN2OS2. The van der Waals surface area contributed by atoms with Crippen LogP contribution in [0.25, 0.3) is 10.6 Å². The van der Waals surface area contributed by atoms with Crippen LogP contribution in [0.15, 0.2) is 53.9 Å². The molecule has 0 fully saturated rings. The second-order valence-electron chi connectivity index (χ2n) is 6.44. The van der Waals surface area contributed by atoms with Gasteiger partial charge in [0.25, 0.3) is 0 Å². The van der Waals surface area contributed by atoms with Crippen LogP contribution in [-0.2, 0) is 10.5 Å². The van der Waals surface area contributed by atoms with Gasteiger partial charge in [-0.2, -0.15) is 0 Å². The Bertz CT molecular complexity index is 907. The van der Waals surface area contributed by atoms with Crippen LogP contribution in [0.2, 0.25) is 0 Å². The molecule has 1 amide bonds. The molecule has 27 heavy (non-hydrogen) atoms. The van der Waals surface area contributed by atoms with Gasteiger partial charge >= 0.3 is 0 Å². The van der Waals surface area contributed by atoms with Crippen LogP contribution in [0.1, 0.15) is 31.0 Å². The van der Waals surface area contributed by atoms with Crippen molar-refractivity contribution in [2.45, 2.75) is 25.5 Å². The molecule has 0 aliphatic rings. The lowest BCUT2D eigenvalue weighted by Crippen LogP contribution is -2.15. The van der Waals surface area contributed by atoms with Gasteiger partial charge in [-0.1, -0.05) is 50.2 Å². The molecule has 0 unspecified atom stereocenters. The summed E-state index contributed by atoms with van der Waals surface area (Å²) in [6.45, 7) is 4.35. The van der Waals surface area contributed by atoms with Gasteiger partial charge in [0.1, 0.15) is 10.8 Å². The second kappa shape index (κ2) is 9.15. The summed E-state index contributed by atoms with van der Waals surface area (Å²) < 4.78 is 13.5. The largest absolute Gasteiger partial charge is 0.323 e. The average molecular weight is 401 g/mol. The van der Waals surface area contributed by atoms with Gasteiger partial charge in [-0.05, 0) is 23.6 Å². The Morgan fingerprint density at radius 2 is 1.93 bits per heavy atom. The Balaban J connectivity index is 1.51. The molecule has 0 spiro atoms. The molecule has 1 aromatic heterocycles. The van der Waals surface area contributed by atoms with Crippen molar-refractivity contribution in [2.24, 2.45) is 0 Å². The van der Waals surface area contributed by atoms with Gasteiger partial charge in [-0.25, -0.2) is 9.37 Å². The van der Waals surface area contributed by atoms with Crippen LogP contribution in [0.5, 0.6) is 0 Å². The first-order chi connectivity index (χ1) is 13.0. The molecule has 0 bridgehead atoms. The van der Waals surface area contributed by atoms with Crippen LogP contribution < -0.4 is 5.32 Å². The number of para-hydroxylation sites is 1. The maximum absolute atomic E-state index is 13.5. The standard InChI is InChI=1S/C21H21FN2OS2/c1-14(2)15-7-9-16(10-8-15)21-23-17(12-27-21)11-26-13-20(25)24-19-6-4-3-5-18(19)22/h3-10,12,14H,11,13H2,1-2H3,(H,24,25). The van der Waals surface area contributed by atoms with E-state index in [4.69, 9.17) is 0 Å². The first-order valence-electron chi connectivity index (χ1n) is 8.70. The van der Waals surface area contributed by atoms with Gasteiger partial charge in [0, 0.05) is 16.7 Å². The van der Waals surface area contributed by atoms with Gasteiger partial charge < -0.3 is 5.32 Å². The molecule has 1 heterocycles. The minimum absolute atomic E-state index is 0.212. The number of hydrogen-bond donors (Lipinski definition) is 1. The van der Waals surface area contributed by atoms with Crippen LogP contribution in [-0.4, -0.2) is 16.6 Å². The fourth-order valence-corrected chi connectivity index (χ4v) is 4.16. The summed E-state index contributed by atoms with van der Waals surface area (Å²) in [6.07, 6.45) is 0. The highest BCUT2D eigenvalue weighted by atomic mass is 32.2. The predicted molar refractivity (Wildman–Crippen MR) is 113 cm³/mol. The van der Waals surface area contributed by atoms with Crippen LogP contribution in [0.4, 0.5) is 10.1 Å². The van der Waals surface area contributed by atoms with Crippen molar-refractivity contribution in [1.29, 1.82) is 0 Å². The fourth-order valence-electron chi connectivity index (χ4n) is 2.51. The van der Waals surface area contributed by atoms with E-state index in [2.05, 4.69) is 48.4 Å². The lowest BCUT2D eigenvalue weighted by molar-refractivity contribution is -0.113. The quantitative estimate of drug-likeness (QED) is 0.533. The molecule has 140 valence electrons. The number of carbonyl (C=O) groups is 1. The number of thiazole rings is 1. The number of benzene rings is 2. The molecule has 0 saturated carbocycles. The number of nitrogens with one attached hydrogen (secondary N) is 1. The number of thioether (sulfide) groups is 1. The topological polar surface area (TPSA) is 42.0 Å². The maximum Gasteiger partial charge on any atom is 0.234 e. The van der Waals surface area contributed by atoms with E-state index in [9.17, 15) is 9.18 Å². The molecule has 3 nitrogen and oxygen atoms in total. The van der Waals surface area contributed by atoms with E-state index in [1.54, 1.807) is 29.5 Å². The third-order valence-corrected chi connectivity index (χ3v) is 5.91. The molecule has 3 rings (SSSR count). The van der Waals surface area contributed by atoms with Crippen molar-refractivity contribution in [3.63, 3.8) is 0 Å². The summed E-state index contributed by atoms with van der Waals surface area (Å²) in [5, 5.41) is 5.59. The van der Waals surface area contributed by atoms with Crippen LogP contribution >= 0.6 is 23.1 Å². The summed E-state index contributed by atoms with van der Waals surface area (Å²) >= 11 is 3.07. The number of anilines is 1. The van der Waals surface area contributed by atoms with Gasteiger partial charge in [0.15, 0.2) is 0 Å². The minimum atomic E-state index is -0.427. The van der Waals surface area contributed by atoms with Crippen molar-refractivity contribution in [3.05, 3.63) is 71.0 Å². The van der Waals surface area contributed by atoms with E-state index < -0.39 is 5.82 Å². The van der Waals surface area contributed by atoms with E-state index in [-0.39, 0.29) is 17.3 Å². The second-order valence-corrected chi connectivity index (χ2v) is 8.29. The maximum atomic E-state index is 13.5. The molecular weight excluding hydrogens is 379 g/mol. The van der Waals surface area contributed by atoms with Gasteiger partial charge in [-0.15, -0.1) is 23.1 Å². The Labute approximate surface area is 167 Å². The van der Waals surface area contributed by atoms with Crippen molar-refractivity contribution in [3.8, 4) is 10.6 Å². The highest BCUT2D eigenvalue weighted by Gasteiger charge is 2.09. The third kappa shape index (κ3) is 5.40. The Morgan fingerprint density at radius 3 is 2.63 bits per heavy atom. The number of rotatable bonds is 7. The normalized spacial score (nSPS) is 11.0. The van der Waals surface area contributed by atoms with Crippen molar-refractivity contribution in [1.82, 2.24) is 4.98 Å². The molecule has 0 aliphatic carbocycles. The third-order valence-electron chi connectivity index (χ3n) is 4.01. The monoisotopic (exact) mass is 400 g/mol. The Kier molecular flexibility index (Phi) is 6.63. The number of nitrogens with zero attached hydrogens (tertiary/aromatic N) is 1. The molecule has 1 N–H and O–H groups in total. The summed E-state index contributed by atoms with van der Waals surface area (Å²) in [7, 11) is 0. The fraction of sp³-hybridized carbons (Fsp3) is 0.238. The molecule has 0 aliphatic heterocycles. The minimum Gasteiger partial charge on any atom is -0.323 e. The number of hydrogen-bond acceptors (Lipinski definition) is 4. The summed E-state index contributed by atoms with van der Waals surface area (Å²) in [5.41, 5.74) is 3.58. The molecule has 0 radical (unpaired) electrons. The zero-order valence-electron chi connectivity index (χ0n) is 15.2. The molecule has 0 atom stereocenters. The summed E-state index contributed by atoms with van der Waals surface area (Å²) in [4.78, 5) is 16.6. The van der Waals surface area contributed by atoms with E-state index in [0.29, 0.717) is 11.7 Å². The smallest absolute Gasteiger partial charge is 0.234 e. The first kappa shape index (κ1) is 19.6. The highest BCUT2D eigenvalue weighted by Crippen LogP contribution is 2.27. The van der Waals surface area contributed by atoms with Crippen LogP contribution in [0.3, 0.4) is 0 Å². The van der Waals surface area contributed by atoms with Gasteiger partial charge in [-0.3, -0.25) is 4.79 Å². The predicted octanol–water partition coefficient (Wildman–Crippen LogP) is 5.94. The lowest BCUT2D eigenvalue weighted by Gasteiger charge is -2.05. The first-order valence-corrected chi connectivity index (χ1v) is 10.7. The van der Waals surface area contributed by atoms with Crippen molar-refractivity contribution >= 4 is 34.7 Å². The zero-order chi connectivity index (χ0) is 19.2. The van der Waals surface area contributed by atoms with Gasteiger partial charge in [0.05, 0.1) is 17.1 Å². The molecule has 0 saturated heterocycles. The summed E-state index contributed by atoms with van der Waals surface area (Å²) in [5.74, 6) is 0.765. The van der Waals surface area contributed by atoms with Crippen molar-refractivity contribution < 1.29 is 9.18 Å². The molecule has 6 heteroatoms. The van der Waals surface area contributed by atoms with Crippen LogP contribution in [0, 0.1) is 5.82 Å². The lowest BCUT2D eigenvalue weighted by atomic mass is 10.0. The zero-order valence-corrected chi connectivity index (χ0v) is 16.9. The average Bonchev–Trinajstić information content (AvgIpc) is 3.12. The summed E-state index contributed by atoms with van der Waals surface area (Å²) in [6, 6.07) is 14.7. The van der Waals surface area contributed by atoms with E-state index in [1.165, 1.54) is 23.4 Å². The van der Waals surface area contributed by atoms with E-state index in [1.807, 2.05) is 5.38 Å². The van der Waals surface area contributed by atoms with E-state index >= 15 is 0 Å². The molecule has 2 aromatic carbocycles. The number of halogens is 1. The van der Waals surface area contributed by atoms with Crippen molar-refractivity contribution in [2.75, 3.05) is 11.1 Å². The Morgan fingerprint density at radius 1 is 1.19 bits per heavy atom. The Hall–Kier alpha value is -2.18. The van der Waals surface area contributed by atoms with E-state index in [0.717, 1.165) is 16.3 Å². The number of amides is 1. The number of carbonyl (C=O) groups excluding carboxylic acids is 1. The molecule has 3 aromatic rings. The van der Waals surface area contributed by atoms with Gasteiger partial charge in [0.2, 0.25) is 5.91 Å².